The predicted molar refractivity (Wildman–Crippen MR) is 137 cm³/mol. The van der Waals surface area contributed by atoms with Crippen LogP contribution in [0.5, 0.6) is 11.5 Å². The fourth-order valence-corrected chi connectivity index (χ4v) is 4.73. The van der Waals surface area contributed by atoms with Crippen molar-refractivity contribution in [2.45, 2.75) is 20.8 Å². The lowest BCUT2D eigenvalue weighted by molar-refractivity contribution is 0.0984. The number of benzene rings is 3. The Balaban J connectivity index is 1.59. The van der Waals surface area contributed by atoms with Gasteiger partial charge in [-0.05, 0) is 74.1 Å². The first-order valence-corrected chi connectivity index (χ1v) is 12.1. The highest BCUT2D eigenvalue weighted by Gasteiger charge is 2.22. The number of fused-ring (bicyclic) bond motifs is 1. The molecule has 3 aromatic carbocycles. The van der Waals surface area contributed by atoms with E-state index in [9.17, 15) is 4.79 Å². The van der Waals surface area contributed by atoms with Gasteiger partial charge in [0.2, 0.25) is 0 Å². The summed E-state index contributed by atoms with van der Waals surface area (Å²) in [5.41, 5.74) is 2.73. The minimum absolute atomic E-state index is 0.0517. The first-order chi connectivity index (χ1) is 16.1. The van der Waals surface area contributed by atoms with Crippen LogP contribution in [0.2, 0.25) is 0 Å². The zero-order valence-electron chi connectivity index (χ0n) is 19.3. The summed E-state index contributed by atoms with van der Waals surface area (Å²) in [5, 5.41) is 0.734. The third kappa shape index (κ3) is 5.59. The van der Waals surface area contributed by atoms with Crippen LogP contribution >= 0.6 is 11.3 Å². The van der Waals surface area contributed by atoms with E-state index in [0.29, 0.717) is 17.9 Å². The minimum atomic E-state index is -0.0517. The molecule has 0 radical (unpaired) electrons. The number of carbonyl (C=O) groups excluding carboxylic acids is 1. The van der Waals surface area contributed by atoms with Crippen LogP contribution in [0.4, 0.5) is 5.13 Å². The standard InChI is InChI=1S/C27H29N3O2S/c1-4-29(5-2)17-18-30(27-28-24-16-11-20(3)19-25(24)33-27)26(31)21-12-14-23(15-13-21)32-22-9-7-6-8-10-22/h6-16,19H,4-5,17-18H2,1-3H3. The van der Waals surface area contributed by atoms with E-state index in [1.807, 2.05) is 65.6 Å². The number of carbonyl (C=O) groups is 1. The molecule has 0 saturated carbocycles. The van der Waals surface area contributed by atoms with E-state index in [1.165, 1.54) is 5.56 Å². The number of nitrogens with zero attached hydrogens (tertiary/aromatic N) is 3. The summed E-state index contributed by atoms with van der Waals surface area (Å²) < 4.78 is 6.97. The summed E-state index contributed by atoms with van der Waals surface area (Å²) in [6.45, 7) is 9.63. The molecule has 0 atom stereocenters. The number of amides is 1. The number of para-hydroxylation sites is 1. The van der Waals surface area contributed by atoms with Gasteiger partial charge in [0.15, 0.2) is 5.13 Å². The normalized spacial score (nSPS) is 11.2. The van der Waals surface area contributed by atoms with Crippen LogP contribution in [0, 0.1) is 6.92 Å². The molecule has 0 aliphatic rings. The molecule has 0 saturated heterocycles. The first kappa shape index (κ1) is 23.0. The van der Waals surface area contributed by atoms with E-state index in [2.05, 4.69) is 37.8 Å². The lowest BCUT2D eigenvalue weighted by atomic mass is 10.2. The Labute approximate surface area is 199 Å². The van der Waals surface area contributed by atoms with Crippen molar-refractivity contribution in [2.75, 3.05) is 31.1 Å². The molecule has 0 bridgehead atoms. The number of hydrogen-bond donors (Lipinski definition) is 0. The van der Waals surface area contributed by atoms with Crippen LogP contribution in [0.15, 0.2) is 72.8 Å². The van der Waals surface area contributed by atoms with Crippen molar-refractivity contribution in [2.24, 2.45) is 0 Å². The molecule has 1 amide bonds. The molecular weight excluding hydrogens is 430 g/mol. The Morgan fingerprint density at radius 3 is 2.30 bits per heavy atom. The Morgan fingerprint density at radius 2 is 1.61 bits per heavy atom. The predicted octanol–water partition coefficient (Wildman–Crippen LogP) is 6.39. The summed E-state index contributed by atoms with van der Waals surface area (Å²) in [5.74, 6) is 1.41. The number of aryl methyl sites for hydroxylation is 1. The summed E-state index contributed by atoms with van der Waals surface area (Å²) in [7, 11) is 0. The molecule has 0 unspecified atom stereocenters. The Hall–Kier alpha value is -3.22. The van der Waals surface area contributed by atoms with Crippen LogP contribution in [0.3, 0.4) is 0 Å². The van der Waals surface area contributed by atoms with Crippen molar-refractivity contribution in [3.8, 4) is 11.5 Å². The molecule has 170 valence electrons. The van der Waals surface area contributed by atoms with Crippen LogP contribution < -0.4 is 9.64 Å². The van der Waals surface area contributed by atoms with Crippen LogP contribution in [0.25, 0.3) is 10.2 Å². The molecule has 1 aromatic heterocycles. The molecule has 0 aliphatic heterocycles. The second kappa shape index (κ2) is 10.6. The molecule has 1 heterocycles. The van der Waals surface area contributed by atoms with Gasteiger partial charge in [0.25, 0.3) is 5.91 Å². The molecule has 0 fully saturated rings. The third-order valence-corrected chi connectivity index (χ3v) is 6.66. The highest BCUT2D eigenvalue weighted by atomic mass is 32.1. The third-order valence-electron chi connectivity index (χ3n) is 5.62. The summed E-state index contributed by atoms with van der Waals surface area (Å²) >= 11 is 1.57. The van der Waals surface area contributed by atoms with E-state index in [1.54, 1.807) is 11.3 Å². The average Bonchev–Trinajstić information content (AvgIpc) is 3.25. The van der Waals surface area contributed by atoms with E-state index in [0.717, 1.165) is 40.7 Å². The second-order valence-corrected chi connectivity index (χ2v) is 8.90. The number of rotatable bonds is 9. The summed E-state index contributed by atoms with van der Waals surface area (Å²) in [4.78, 5) is 22.5. The van der Waals surface area contributed by atoms with Gasteiger partial charge in [-0.15, -0.1) is 0 Å². The summed E-state index contributed by atoms with van der Waals surface area (Å²) in [6.07, 6.45) is 0. The van der Waals surface area contributed by atoms with Gasteiger partial charge in [0.1, 0.15) is 11.5 Å². The van der Waals surface area contributed by atoms with Crippen molar-refractivity contribution < 1.29 is 9.53 Å². The fraction of sp³-hybridized carbons (Fsp3) is 0.259. The number of likely N-dealkylation sites (N-methyl/N-ethyl adjacent to an activating group) is 1. The molecular formula is C27H29N3O2S. The number of hydrogen-bond acceptors (Lipinski definition) is 5. The lowest BCUT2D eigenvalue weighted by Crippen LogP contribution is -2.38. The van der Waals surface area contributed by atoms with E-state index in [4.69, 9.17) is 9.72 Å². The molecule has 4 rings (SSSR count). The smallest absolute Gasteiger partial charge is 0.260 e. The molecule has 0 N–H and O–H groups in total. The van der Waals surface area contributed by atoms with Gasteiger partial charge in [-0.3, -0.25) is 9.69 Å². The van der Waals surface area contributed by atoms with Crippen molar-refractivity contribution in [3.63, 3.8) is 0 Å². The molecule has 5 nitrogen and oxygen atoms in total. The Morgan fingerprint density at radius 1 is 0.909 bits per heavy atom. The van der Waals surface area contributed by atoms with Gasteiger partial charge in [-0.2, -0.15) is 0 Å². The quantitative estimate of drug-likeness (QED) is 0.291. The number of aromatic nitrogens is 1. The maximum absolute atomic E-state index is 13.6. The lowest BCUT2D eigenvalue weighted by Gasteiger charge is -2.24. The topological polar surface area (TPSA) is 45.7 Å². The van der Waals surface area contributed by atoms with Gasteiger partial charge in [-0.25, -0.2) is 4.98 Å². The maximum Gasteiger partial charge on any atom is 0.260 e. The van der Waals surface area contributed by atoms with Crippen molar-refractivity contribution >= 4 is 32.6 Å². The molecule has 0 aliphatic carbocycles. The van der Waals surface area contributed by atoms with Crippen LogP contribution in [-0.4, -0.2) is 42.0 Å². The Kier molecular flexibility index (Phi) is 7.37. The average molecular weight is 460 g/mol. The van der Waals surface area contributed by atoms with E-state index >= 15 is 0 Å². The van der Waals surface area contributed by atoms with Crippen molar-refractivity contribution in [1.29, 1.82) is 0 Å². The van der Waals surface area contributed by atoms with Gasteiger partial charge < -0.3 is 9.64 Å². The van der Waals surface area contributed by atoms with Crippen molar-refractivity contribution in [3.05, 3.63) is 83.9 Å². The van der Waals surface area contributed by atoms with Gasteiger partial charge in [0, 0.05) is 18.7 Å². The highest BCUT2D eigenvalue weighted by Crippen LogP contribution is 2.31. The first-order valence-electron chi connectivity index (χ1n) is 11.3. The number of ether oxygens (including phenoxy) is 1. The summed E-state index contributed by atoms with van der Waals surface area (Å²) in [6, 6.07) is 23.1. The zero-order valence-corrected chi connectivity index (χ0v) is 20.1. The monoisotopic (exact) mass is 459 g/mol. The molecule has 0 spiro atoms. The van der Waals surface area contributed by atoms with Crippen LogP contribution in [0.1, 0.15) is 29.8 Å². The largest absolute Gasteiger partial charge is 0.457 e. The SMILES string of the molecule is CCN(CC)CCN(C(=O)c1ccc(Oc2ccccc2)cc1)c1nc2ccc(C)cc2s1. The molecule has 33 heavy (non-hydrogen) atoms. The molecule has 6 heteroatoms. The molecule has 4 aromatic rings. The van der Waals surface area contributed by atoms with Crippen molar-refractivity contribution in [1.82, 2.24) is 9.88 Å². The van der Waals surface area contributed by atoms with Crippen LogP contribution in [-0.2, 0) is 0 Å². The maximum atomic E-state index is 13.6. The van der Waals surface area contributed by atoms with E-state index in [-0.39, 0.29) is 5.91 Å². The van der Waals surface area contributed by atoms with Gasteiger partial charge in [0.05, 0.1) is 10.2 Å². The number of anilines is 1. The zero-order chi connectivity index (χ0) is 23.2. The fourth-order valence-electron chi connectivity index (χ4n) is 3.65. The second-order valence-electron chi connectivity index (χ2n) is 7.89. The Bertz CT molecular complexity index is 1200. The van der Waals surface area contributed by atoms with Gasteiger partial charge >= 0.3 is 0 Å². The van der Waals surface area contributed by atoms with E-state index < -0.39 is 0 Å². The number of thiazole rings is 1. The minimum Gasteiger partial charge on any atom is -0.457 e. The van der Waals surface area contributed by atoms with Gasteiger partial charge in [-0.1, -0.05) is 49.4 Å². The highest BCUT2D eigenvalue weighted by molar-refractivity contribution is 7.22.